The monoisotopic (exact) mass is 341 g/mol. The number of hydrazine groups is 1. The zero-order chi connectivity index (χ0) is 17.6. The molecule has 7 nitrogen and oxygen atoms in total. The second-order valence-corrected chi connectivity index (χ2v) is 6.07. The number of thiocarbonyl (C=S) groups is 1. The molecule has 0 heterocycles. The normalized spacial score (nSPS) is 10.5. The molecule has 0 saturated heterocycles. The molecule has 0 saturated carbocycles. The Balaban J connectivity index is 2.90. The maximum atomic E-state index is 12.3. The fourth-order valence-corrected chi connectivity index (χ4v) is 2.19. The van der Waals surface area contributed by atoms with Crippen molar-refractivity contribution in [3.63, 3.8) is 0 Å². The molecule has 23 heavy (non-hydrogen) atoms. The van der Waals surface area contributed by atoms with Gasteiger partial charge in [0.25, 0.3) is 5.91 Å². The van der Waals surface area contributed by atoms with Crippen molar-refractivity contribution in [2.75, 3.05) is 21.3 Å². The average molecular weight is 341 g/mol. The first kappa shape index (κ1) is 18.8. The van der Waals surface area contributed by atoms with E-state index in [1.165, 1.54) is 21.3 Å². The van der Waals surface area contributed by atoms with Gasteiger partial charge in [0.2, 0.25) is 5.75 Å². The number of carbonyl (C=O) groups is 1. The molecule has 1 aromatic rings. The maximum Gasteiger partial charge on any atom is 0.273 e. The summed E-state index contributed by atoms with van der Waals surface area (Å²) in [5.74, 6) is 0.679. The number of nitrogens with one attached hydrogen (secondary N) is 3. The molecular weight excluding hydrogens is 318 g/mol. The first-order valence-corrected chi connectivity index (χ1v) is 7.31. The summed E-state index contributed by atoms with van der Waals surface area (Å²) in [6, 6.07) is 3.21. The topological polar surface area (TPSA) is 80.9 Å². The highest BCUT2D eigenvalue weighted by Crippen LogP contribution is 2.39. The van der Waals surface area contributed by atoms with Crippen LogP contribution in [-0.4, -0.2) is 37.9 Å². The first-order valence-electron chi connectivity index (χ1n) is 6.91. The molecule has 0 bridgehead atoms. The second-order valence-electron chi connectivity index (χ2n) is 5.67. The summed E-state index contributed by atoms with van der Waals surface area (Å²) in [6.45, 7) is 5.88. The van der Waals surface area contributed by atoms with Crippen LogP contribution in [0.1, 0.15) is 31.1 Å². The fraction of sp³-hybridized carbons (Fsp3) is 0.467. The van der Waals surface area contributed by atoms with E-state index < -0.39 is 5.91 Å². The van der Waals surface area contributed by atoms with Gasteiger partial charge in [0, 0.05) is 5.54 Å². The van der Waals surface area contributed by atoms with Crippen LogP contribution in [0.3, 0.4) is 0 Å². The molecule has 0 aliphatic heterocycles. The summed E-state index contributed by atoms with van der Waals surface area (Å²) in [5, 5.41) is 3.34. The molecule has 0 aliphatic carbocycles. The van der Waals surface area contributed by atoms with E-state index >= 15 is 0 Å². The molecule has 128 valence electrons. The standard InChI is InChI=1S/C15H23N3O4S/c1-15(2,3)16-14(23)18-17-13(19)9-7-8-10(20-4)12(22-6)11(9)21-5/h7-8H,1-6H3,(H,17,19)(H2,16,18,23). The lowest BCUT2D eigenvalue weighted by Gasteiger charge is -2.23. The van der Waals surface area contributed by atoms with E-state index in [-0.39, 0.29) is 16.9 Å². The van der Waals surface area contributed by atoms with Crippen LogP contribution in [0.4, 0.5) is 0 Å². The van der Waals surface area contributed by atoms with Gasteiger partial charge in [-0.2, -0.15) is 0 Å². The smallest absolute Gasteiger partial charge is 0.273 e. The highest BCUT2D eigenvalue weighted by molar-refractivity contribution is 7.80. The van der Waals surface area contributed by atoms with Gasteiger partial charge in [-0.15, -0.1) is 0 Å². The summed E-state index contributed by atoms with van der Waals surface area (Å²) >= 11 is 5.11. The molecule has 8 heteroatoms. The minimum absolute atomic E-state index is 0.212. The Kier molecular flexibility index (Phi) is 6.44. The van der Waals surface area contributed by atoms with Crippen molar-refractivity contribution in [3.8, 4) is 17.2 Å². The van der Waals surface area contributed by atoms with Crippen LogP contribution in [0.25, 0.3) is 0 Å². The largest absolute Gasteiger partial charge is 0.493 e. The third-order valence-electron chi connectivity index (χ3n) is 2.73. The molecule has 0 atom stereocenters. The first-order chi connectivity index (χ1) is 10.7. The van der Waals surface area contributed by atoms with Gasteiger partial charge >= 0.3 is 0 Å². The van der Waals surface area contributed by atoms with E-state index in [2.05, 4.69) is 16.2 Å². The Bertz CT molecular complexity index is 585. The van der Waals surface area contributed by atoms with Crippen molar-refractivity contribution in [3.05, 3.63) is 17.7 Å². The molecule has 1 rings (SSSR count). The van der Waals surface area contributed by atoms with E-state index in [0.29, 0.717) is 16.6 Å². The van der Waals surface area contributed by atoms with Crippen molar-refractivity contribution >= 4 is 23.2 Å². The highest BCUT2D eigenvalue weighted by Gasteiger charge is 2.21. The third-order valence-corrected chi connectivity index (χ3v) is 2.93. The SMILES string of the molecule is COc1ccc(C(=O)NNC(=S)NC(C)(C)C)c(OC)c1OC. The van der Waals surface area contributed by atoms with Gasteiger partial charge in [0.1, 0.15) is 0 Å². The Morgan fingerprint density at radius 3 is 2.09 bits per heavy atom. The van der Waals surface area contributed by atoms with Gasteiger partial charge in [0.05, 0.1) is 26.9 Å². The molecule has 0 fully saturated rings. The zero-order valence-corrected chi connectivity index (χ0v) is 15.0. The number of methoxy groups -OCH3 is 3. The van der Waals surface area contributed by atoms with Crippen molar-refractivity contribution in [1.29, 1.82) is 0 Å². The molecular formula is C15H23N3O4S. The van der Waals surface area contributed by atoms with E-state index in [1.807, 2.05) is 20.8 Å². The van der Waals surface area contributed by atoms with Crippen LogP contribution in [0.15, 0.2) is 12.1 Å². The van der Waals surface area contributed by atoms with E-state index in [9.17, 15) is 4.79 Å². The maximum absolute atomic E-state index is 12.3. The summed E-state index contributed by atoms with van der Waals surface area (Å²) in [6.07, 6.45) is 0. The van der Waals surface area contributed by atoms with Gasteiger partial charge in [-0.25, -0.2) is 0 Å². The molecule has 0 radical (unpaired) electrons. The minimum Gasteiger partial charge on any atom is -0.493 e. The van der Waals surface area contributed by atoms with Crippen molar-refractivity contribution in [2.24, 2.45) is 0 Å². The third kappa shape index (κ3) is 5.17. The predicted octanol–water partition coefficient (Wildman–Crippen LogP) is 1.62. The van der Waals surface area contributed by atoms with E-state index in [1.54, 1.807) is 12.1 Å². The lowest BCUT2D eigenvalue weighted by molar-refractivity contribution is 0.0939. The average Bonchev–Trinajstić information content (AvgIpc) is 2.49. The Hall–Kier alpha value is -2.22. The van der Waals surface area contributed by atoms with E-state index in [4.69, 9.17) is 26.4 Å². The number of rotatable bonds is 4. The van der Waals surface area contributed by atoms with Gasteiger partial charge in [-0.1, -0.05) is 0 Å². The summed E-state index contributed by atoms with van der Waals surface area (Å²) in [7, 11) is 4.44. The lowest BCUT2D eigenvalue weighted by Crippen LogP contribution is -2.52. The highest BCUT2D eigenvalue weighted by atomic mass is 32.1. The number of amides is 1. The Labute approximate surface area is 141 Å². The minimum atomic E-state index is -0.416. The quantitative estimate of drug-likeness (QED) is 0.567. The van der Waals surface area contributed by atoms with Crippen molar-refractivity contribution in [1.82, 2.24) is 16.2 Å². The zero-order valence-electron chi connectivity index (χ0n) is 14.2. The summed E-state index contributed by atoms with van der Waals surface area (Å²) in [4.78, 5) is 12.3. The second kappa shape index (κ2) is 7.87. The van der Waals surface area contributed by atoms with Crippen LogP contribution < -0.4 is 30.4 Å². The van der Waals surface area contributed by atoms with Gasteiger partial charge < -0.3 is 19.5 Å². The molecule has 0 spiro atoms. The van der Waals surface area contributed by atoms with Crippen LogP contribution >= 0.6 is 12.2 Å². The number of ether oxygens (including phenoxy) is 3. The van der Waals surface area contributed by atoms with Crippen LogP contribution in [0.2, 0.25) is 0 Å². The van der Waals surface area contributed by atoms with Crippen LogP contribution in [-0.2, 0) is 0 Å². The van der Waals surface area contributed by atoms with Gasteiger partial charge in [-0.05, 0) is 45.1 Å². The number of hydrogen-bond donors (Lipinski definition) is 3. The summed E-state index contributed by atoms with van der Waals surface area (Å²) < 4.78 is 15.7. The molecule has 1 aromatic carbocycles. The van der Waals surface area contributed by atoms with Gasteiger partial charge in [-0.3, -0.25) is 15.6 Å². The van der Waals surface area contributed by atoms with Crippen LogP contribution in [0, 0.1) is 0 Å². The van der Waals surface area contributed by atoms with Crippen LogP contribution in [0.5, 0.6) is 17.2 Å². The predicted molar refractivity (Wildman–Crippen MR) is 92.2 cm³/mol. The van der Waals surface area contributed by atoms with Gasteiger partial charge in [0.15, 0.2) is 16.6 Å². The Morgan fingerprint density at radius 2 is 1.61 bits per heavy atom. The lowest BCUT2D eigenvalue weighted by atomic mass is 10.1. The van der Waals surface area contributed by atoms with Crippen molar-refractivity contribution in [2.45, 2.75) is 26.3 Å². The molecule has 3 N–H and O–H groups in total. The number of hydrogen-bond acceptors (Lipinski definition) is 5. The fourth-order valence-electron chi connectivity index (χ4n) is 1.83. The number of benzene rings is 1. The van der Waals surface area contributed by atoms with E-state index in [0.717, 1.165) is 0 Å². The molecule has 0 unspecified atom stereocenters. The molecule has 1 amide bonds. The molecule has 0 aromatic heterocycles. The number of carbonyl (C=O) groups excluding carboxylic acids is 1. The summed E-state index contributed by atoms with van der Waals surface area (Å²) in [5.41, 5.74) is 5.24. The van der Waals surface area contributed by atoms with Crippen molar-refractivity contribution < 1.29 is 19.0 Å². The Morgan fingerprint density at radius 1 is 1.00 bits per heavy atom. The molecule has 0 aliphatic rings.